The van der Waals surface area contributed by atoms with E-state index in [1.165, 1.54) is 6.07 Å². The molecule has 1 amide bonds. The zero-order chi connectivity index (χ0) is 19.6. The lowest BCUT2D eigenvalue weighted by atomic mass is 10.2. The Morgan fingerprint density at radius 2 is 1.85 bits per heavy atom. The number of rotatable bonds is 6. The van der Waals surface area contributed by atoms with Crippen molar-refractivity contribution in [3.8, 4) is 0 Å². The SMILES string of the molecule is CCN(CC)c1ccc(NC(=O)c2sc3c([N+](=O)[O-])cccc3c2Cl)cc1. The summed E-state index contributed by atoms with van der Waals surface area (Å²) >= 11 is 7.35. The normalized spacial score (nSPS) is 10.8. The lowest BCUT2D eigenvalue weighted by Gasteiger charge is -2.21. The lowest BCUT2D eigenvalue weighted by Crippen LogP contribution is -2.21. The predicted molar refractivity (Wildman–Crippen MR) is 111 cm³/mol. The van der Waals surface area contributed by atoms with Crippen molar-refractivity contribution in [2.45, 2.75) is 13.8 Å². The van der Waals surface area contributed by atoms with Crippen LogP contribution in [0.1, 0.15) is 23.5 Å². The molecule has 6 nitrogen and oxygen atoms in total. The topological polar surface area (TPSA) is 75.5 Å². The lowest BCUT2D eigenvalue weighted by molar-refractivity contribution is -0.382. The molecule has 27 heavy (non-hydrogen) atoms. The van der Waals surface area contributed by atoms with Gasteiger partial charge in [0.05, 0.1) is 9.95 Å². The van der Waals surface area contributed by atoms with E-state index in [0.717, 1.165) is 30.1 Å². The Balaban J connectivity index is 1.87. The highest BCUT2D eigenvalue weighted by Gasteiger charge is 2.22. The number of carbonyl (C=O) groups excluding carboxylic acids is 1. The first-order valence-corrected chi connectivity index (χ1v) is 9.67. The van der Waals surface area contributed by atoms with Crippen LogP contribution in [0.3, 0.4) is 0 Å². The maximum absolute atomic E-state index is 12.7. The van der Waals surface area contributed by atoms with E-state index < -0.39 is 4.92 Å². The molecule has 0 fully saturated rings. The maximum Gasteiger partial charge on any atom is 0.287 e. The van der Waals surface area contributed by atoms with Gasteiger partial charge in [-0.2, -0.15) is 0 Å². The van der Waals surface area contributed by atoms with Crippen LogP contribution in [-0.2, 0) is 0 Å². The molecule has 3 aromatic rings. The van der Waals surface area contributed by atoms with Gasteiger partial charge in [-0.15, -0.1) is 11.3 Å². The molecule has 0 unspecified atom stereocenters. The van der Waals surface area contributed by atoms with Gasteiger partial charge in [0.1, 0.15) is 9.58 Å². The van der Waals surface area contributed by atoms with Crippen LogP contribution in [0, 0.1) is 10.1 Å². The Bertz CT molecular complexity index is 997. The first kappa shape index (κ1) is 19.1. The molecule has 3 rings (SSSR count). The number of amides is 1. The number of hydrogen-bond donors (Lipinski definition) is 1. The molecule has 0 saturated heterocycles. The van der Waals surface area contributed by atoms with E-state index in [2.05, 4.69) is 24.1 Å². The number of benzene rings is 2. The summed E-state index contributed by atoms with van der Waals surface area (Å²) in [5.41, 5.74) is 1.66. The number of carbonyl (C=O) groups is 1. The molecule has 1 aromatic heterocycles. The summed E-state index contributed by atoms with van der Waals surface area (Å²) in [4.78, 5) is 25.8. The molecule has 0 spiro atoms. The highest BCUT2D eigenvalue weighted by atomic mass is 35.5. The van der Waals surface area contributed by atoms with Crippen molar-refractivity contribution in [1.29, 1.82) is 0 Å². The fourth-order valence-corrected chi connectivity index (χ4v) is 4.39. The number of non-ortho nitro benzene ring substituents is 1. The monoisotopic (exact) mass is 403 g/mol. The molecular formula is C19H18ClN3O3S. The summed E-state index contributed by atoms with van der Waals surface area (Å²) in [5.74, 6) is -0.383. The Morgan fingerprint density at radius 1 is 1.19 bits per heavy atom. The summed E-state index contributed by atoms with van der Waals surface area (Å²) in [5, 5.41) is 14.8. The third-order valence-corrected chi connectivity index (χ3v) is 6.02. The molecule has 0 bridgehead atoms. The van der Waals surface area contributed by atoms with Gasteiger partial charge >= 0.3 is 0 Å². The average molecular weight is 404 g/mol. The minimum Gasteiger partial charge on any atom is -0.372 e. The third kappa shape index (κ3) is 3.74. The zero-order valence-corrected chi connectivity index (χ0v) is 16.4. The minimum atomic E-state index is -0.469. The standard InChI is InChI=1S/C19H18ClN3O3S/c1-3-22(4-2)13-10-8-12(9-11-13)21-19(24)18-16(20)14-6-5-7-15(23(25)26)17(14)27-18/h5-11H,3-4H2,1-2H3,(H,21,24). The van der Waals surface area contributed by atoms with Crippen molar-refractivity contribution in [1.82, 2.24) is 0 Å². The quantitative estimate of drug-likeness (QED) is 0.431. The number of anilines is 2. The largest absolute Gasteiger partial charge is 0.372 e. The number of nitro groups is 1. The predicted octanol–water partition coefficient (Wildman–Crippen LogP) is 5.56. The van der Waals surface area contributed by atoms with E-state index in [0.29, 0.717) is 15.8 Å². The Kier molecular flexibility index (Phi) is 5.62. The van der Waals surface area contributed by atoms with Crippen LogP contribution in [0.4, 0.5) is 17.1 Å². The number of fused-ring (bicyclic) bond motifs is 1. The van der Waals surface area contributed by atoms with Crippen LogP contribution in [-0.4, -0.2) is 23.9 Å². The average Bonchev–Trinajstić information content (AvgIpc) is 3.01. The summed E-state index contributed by atoms with van der Waals surface area (Å²) < 4.78 is 0.398. The van der Waals surface area contributed by atoms with Crippen molar-refractivity contribution < 1.29 is 9.72 Å². The van der Waals surface area contributed by atoms with E-state index in [4.69, 9.17) is 11.6 Å². The van der Waals surface area contributed by atoms with Crippen LogP contribution in [0.25, 0.3) is 10.1 Å². The number of nitrogens with one attached hydrogen (secondary N) is 1. The van der Waals surface area contributed by atoms with Crippen LogP contribution < -0.4 is 10.2 Å². The molecule has 0 radical (unpaired) electrons. The summed E-state index contributed by atoms with van der Waals surface area (Å²) in [6.07, 6.45) is 0. The Hall–Kier alpha value is -2.64. The fourth-order valence-electron chi connectivity index (χ4n) is 2.90. The molecule has 1 N–H and O–H groups in total. The van der Waals surface area contributed by atoms with Crippen LogP contribution >= 0.6 is 22.9 Å². The van der Waals surface area contributed by atoms with Gasteiger partial charge in [-0.1, -0.05) is 23.7 Å². The number of nitro benzene ring substituents is 1. The summed E-state index contributed by atoms with van der Waals surface area (Å²) in [7, 11) is 0. The van der Waals surface area contributed by atoms with E-state index in [1.807, 2.05) is 24.3 Å². The molecule has 1 heterocycles. The van der Waals surface area contributed by atoms with Crippen LogP contribution in [0.15, 0.2) is 42.5 Å². The molecule has 0 atom stereocenters. The first-order chi connectivity index (χ1) is 13.0. The summed E-state index contributed by atoms with van der Waals surface area (Å²) in [6, 6.07) is 12.2. The van der Waals surface area contributed by atoms with Crippen molar-refractivity contribution in [3.05, 3.63) is 62.5 Å². The molecule has 0 saturated carbocycles. The second kappa shape index (κ2) is 7.94. The van der Waals surface area contributed by atoms with Gasteiger partial charge in [-0.3, -0.25) is 14.9 Å². The van der Waals surface area contributed by atoms with Crippen molar-refractivity contribution in [2.75, 3.05) is 23.3 Å². The molecule has 2 aromatic carbocycles. The molecule has 0 aliphatic heterocycles. The zero-order valence-electron chi connectivity index (χ0n) is 14.9. The summed E-state index contributed by atoms with van der Waals surface area (Å²) in [6.45, 7) is 5.97. The highest BCUT2D eigenvalue weighted by Crippen LogP contribution is 2.40. The smallest absolute Gasteiger partial charge is 0.287 e. The highest BCUT2D eigenvalue weighted by molar-refractivity contribution is 7.22. The van der Waals surface area contributed by atoms with E-state index in [-0.39, 0.29) is 21.5 Å². The number of hydrogen-bond acceptors (Lipinski definition) is 5. The number of halogens is 1. The van der Waals surface area contributed by atoms with Gasteiger partial charge in [-0.05, 0) is 38.1 Å². The van der Waals surface area contributed by atoms with Gasteiger partial charge in [0, 0.05) is 35.9 Å². The van der Waals surface area contributed by atoms with E-state index in [1.54, 1.807) is 12.1 Å². The molecular weight excluding hydrogens is 386 g/mol. The van der Waals surface area contributed by atoms with E-state index in [9.17, 15) is 14.9 Å². The van der Waals surface area contributed by atoms with Gasteiger partial charge in [0.15, 0.2) is 0 Å². The van der Waals surface area contributed by atoms with Gasteiger partial charge < -0.3 is 10.2 Å². The van der Waals surface area contributed by atoms with Gasteiger partial charge in [-0.25, -0.2) is 0 Å². The van der Waals surface area contributed by atoms with Crippen LogP contribution in [0.2, 0.25) is 5.02 Å². The van der Waals surface area contributed by atoms with Crippen molar-refractivity contribution in [3.63, 3.8) is 0 Å². The second-order valence-corrected chi connectivity index (χ2v) is 7.23. The van der Waals surface area contributed by atoms with Crippen LogP contribution in [0.5, 0.6) is 0 Å². The molecule has 8 heteroatoms. The van der Waals surface area contributed by atoms with Crippen molar-refractivity contribution >= 4 is 56.0 Å². The second-order valence-electron chi connectivity index (χ2n) is 5.83. The number of thiophene rings is 1. The van der Waals surface area contributed by atoms with E-state index >= 15 is 0 Å². The Labute approximate surface area is 165 Å². The number of nitrogens with zero attached hydrogens (tertiary/aromatic N) is 2. The fraction of sp³-hybridized carbons (Fsp3) is 0.211. The van der Waals surface area contributed by atoms with Gasteiger partial charge in [0.25, 0.3) is 11.6 Å². The molecule has 0 aliphatic rings. The molecule has 140 valence electrons. The molecule has 0 aliphatic carbocycles. The maximum atomic E-state index is 12.7. The van der Waals surface area contributed by atoms with Gasteiger partial charge in [0.2, 0.25) is 0 Å². The first-order valence-electron chi connectivity index (χ1n) is 8.48. The van der Waals surface area contributed by atoms with Crippen molar-refractivity contribution in [2.24, 2.45) is 0 Å². The minimum absolute atomic E-state index is 0.0537. The Morgan fingerprint density at radius 3 is 2.44 bits per heavy atom. The third-order valence-electron chi connectivity index (χ3n) is 4.29.